The van der Waals surface area contributed by atoms with Gasteiger partial charge in [0.2, 0.25) is 0 Å². The van der Waals surface area contributed by atoms with E-state index in [1.54, 1.807) is 0 Å². The zero-order valence-electron chi connectivity index (χ0n) is 14.9. The molecule has 1 fully saturated rings. The fourth-order valence-corrected chi connectivity index (χ4v) is 4.27. The first-order chi connectivity index (χ1) is 13.1. The number of piperidine rings is 1. The van der Waals surface area contributed by atoms with Crippen LogP contribution < -0.4 is 10.6 Å². The van der Waals surface area contributed by atoms with Gasteiger partial charge in [0, 0.05) is 16.8 Å². The Labute approximate surface area is 166 Å². The Hall–Kier alpha value is -2.22. The highest BCUT2D eigenvalue weighted by molar-refractivity contribution is 7.20. The van der Waals surface area contributed by atoms with Gasteiger partial charge in [-0.05, 0) is 57.2 Å². The summed E-state index contributed by atoms with van der Waals surface area (Å²) in [4.78, 5) is 25.0. The summed E-state index contributed by atoms with van der Waals surface area (Å²) in [7, 11) is 2.11. The Morgan fingerprint density at radius 3 is 2.85 bits per heavy atom. The Balaban J connectivity index is 1.54. The molecule has 3 heterocycles. The van der Waals surface area contributed by atoms with Crippen LogP contribution in [-0.2, 0) is 0 Å². The third-order valence-electron chi connectivity index (χ3n) is 4.69. The fraction of sp³-hybridized carbons (Fsp3) is 0.316. The average molecular weight is 402 g/mol. The van der Waals surface area contributed by atoms with Gasteiger partial charge in [-0.25, -0.2) is 9.97 Å². The number of fused-ring (bicyclic) bond motifs is 1. The Kier molecular flexibility index (Phi) is 5.24. The quantitative estimate of drug-likeness (QED) is 0.693. The van der Waals surface area contributed by atoms with Crippen molar-refractivity contribution < 1.29 is 4.79 Å². The van der Waals surface area contributed by atoms with E-state index in [0.717, 1.165) is 41.8 Å². The van der Waals surface area contributed by atoms with Crippen LogP contribution in [0.5, 0.6) is 0 Å². The van der Waals surface area contributed by atoms with E-state index in [1.807, 2.05) is 30.3 Å². The van der Waals surface area contributed by atoms with Crippen molar-refractivity contribution in [2.45, 2.75) is 18.9 Å². The Morgan fingerprint density at radius 1 is 1.26 bits per heavy atom. The van der Waals surface area contributed by atoms with Gasteiger partial charge in [0.1, 0.15) is 17.0 Å². The summed E-state index contributed by atoms with van der Waals surface area (Å²) < 4.78 is 0. The lowest BCUT2D eigenvalue weighted by molar-refractivity contribution is 0.0921. The summed E-state index contributed by atoms with van der Waals surface area (Å²) >= 11 is 7.43. The summed E-state index contributed by atoms with van der Waals surface area (Å²) in [5.41, 5.74) is 0.839. The molecule has 1 aliphatic heterocycles. The molecule has 0 spiro atoms. The molecule has 8 heteroatoms. The lowest BCUT2D eigenvalue weighted by atomic mass is 10.1. The maximum absolute atomic E-state index is 12.7. The number of nitrogens with one attached hydrogen (secondary N) is 2. The molecule has 0 radical (unpaired) electrons. The predicted octanol–water partition coefficient (Wildman–Crippen LogP) is 3.91. The number of halogens is 1. The molecule has 0 saturated carbocycles. The van der Waals surface area contributed by atoms with Crippen LogP contribution >= 0.6 is 22.9 Å². The lowest BCUT2D eigenvalue weighted by Gasteiger charge is -2.29. The van der Waals surface area contributed by atoms with Gasteiger partial charge < -0.3 is 15.5 Å². The monoisotopic (exact) mass is 401 g/mol. The van der Waals surface area contributed by atoms with E-state index in [-0.39, 0.29) is 11.9 Å². The van der Waals surface area contributed by atoms with Crippen molar-refractivity contribution in [3.8, 4) is 0 Å². The summed E-state index contributed by atoms with van der Waals surface area (Å²) in [5.74, 6) is 0.623. The third kappa shape index (κ3) is 4.21. The highest BCUT2D eigenvalue weighted by Crippen LogP contribution is 2.30. The van der Waals surface area contributed by atoms with E-state index >= 15 is 0 Å². The van der Waals surface area contributed by atoms with Gasteiger partial charge in [0.25, 0.3) is 5.91 Å². The molecule has 0 aliphatic carbocycles. The lowest BCUT2D eigenvalue weighted by Crippen LogP contribution is -2.43. The second-order valence-electron chi connectivity index (χ2n) is 6.74. The fourth-order valence-electron chi connectivity index (χ4n) is 3.18. The first-order valence-electron chi connectivity index (χ1n) is 8.85. The van der Waals surface area contributed by atoms with Crippen LogP contribution in [0.25, 0.3) is 10.2 Å². The number of amides is 1. The van der Waals surface area contributed by atoms with E-state index in [4.69, 9.17) is 11.6 Å². The number of carbonyl (C=O) groups is 1. The van der Waals surface area contributed by atoms with Crippen molar-refractivity contribution >= 4 is 50.6 Å². The van der Waals surface area contributed by atoms with Gasteiger partial charge in [-0.2, -0.15) is 0 Å². The van der Waals surface area contributed by atoms with Crippen molar-refractivity contribution in [3.05, 3.63) is 46.6 Å². The zero-order chi connectivity index (χ0) is 18.8. The van der Waals surface area contributed by atoms with Gasteiger partial charge in [-0.3, -0.25) is 4.79 Å². The number of hydrogen-bond acceptors (Lipinski definition) is 6. The molecule has 0 bridgehead atoms. The molecule has 3 aromatic rings. The van der Waals surface area contributed by atoms with Crippen molar-refractivity contribution in [2.24, 2.45) is 0 Å². The van der Waals surface area contributed by atoms with E-state index in [1.165, 1.54) is 17.7 Å². The molecular formula is C19H20ClN5OS. The normalized spacial score (nSPS) is 15.8. The van der Waals surface area contributed by atoms with E-state index in [9.17, 15) is 4.79 Å². The maximum Gasteiger partial charge on any atom is 0.261 e. The highest BCUT2D eigenvalue weighted by Gasteiger charge is 2.21. The first kappa shape index (κ1) is 18.2. The van der Waals surface area contributed by atoms with Crippen LogP contribution in [0, 0.1) is 0 Å². The van der Waals surface area contributed by atoms with Crippen LogP contribution in [0.4, 0.5) is 11.5 Å². The number of anilines is 2. The molecule has 2 N–H and O–H groups in total. The van der Waals surface area contributed by atoms with Gasteiger partial charge in [-0.1, -0.05) is 17.7 Å². The van der Waals surface area contributed by atoms with Crippen LogP contribution in [0.3, 0.4) is 0 Å². The zero-order valence-corrected chi connectivity index (χ0v) is 16.5. The van der Waals surface area contributed by atoms with E-state index in [2.05, 4.69) is 32.5 Å². The number of likely N-dealkylation sites (tertiary alicyclic amines) is 1. The third-order valence-corrected chi connectivity index (χ3v) is 5.97. The van der Waals surface area contributed by atoms with Gasteiger partial charge in [0.05, 0.1) is 10.3 Å². The number of thiophene rings is 1. The number of benzene rings is 1. The highest BCUT2D eigenvalue weighted by atomic mass is 35.5. The minimum absolute atomic E-state index is 0.0405. The van der Waals surface area contributed by atoms with Crippen LogP contribution in [0.2, 0.25) is 5.02 Å². The van der Waals surface area contributed by atoms with Crippen LogP contribution in [-0.4, -0.2) is 47.0 Å². The molecular weight excluding hydrogens is 382 g/mol. The SMILES string of the molecule is CN1CCC(NC(=O)c2cc3c(Nc4cccc(Cl)c4)ncnc3s2)CC1. The Morgan fingerprint density at radius 2 is 2.07 bits per heavy atom. The second-order valence-corrected chi connectivity index (χ2v) is 8.21. The first-order valence-corrected chi connectivity index (χ1v) is 10.0. The summed E-state index contributed by atoms with van der Waals surface area (Å²) in [6.07, 6.45) is 3.47. The number of rotatable bonds is 4. The minimum Gasteiger partial charge on any atom is -0.349 e. The van der Waals surface area contributed by atoms with Crippen LogP contribution in [0.1, 0.15) is 22.5 Å². The summed E-state index contributed by atoms with van der Waals surface area (Å²) in [6.45, 7) is 2.02. The van der Waals surface area contributed by atoms with E-state index < -0.39 is 0 Å². The minimum atomic E-state index is -0.0405. The number of aromatic nitrogens is 2. The smallest absolute Gasteiger partial charge is 0.261 e. The van der Waals surface area contributed by atoms with Crippen molar-refractivity contribution in [2.75, 3.05) is 25.5 Å². The summed E-state index contributed by atoms with van der Waals surface area (Å²) in [5, 5.41) is 7.89. The molecule has 1 amide bonds. The standard InChI is InChI=1S/C19H20ClN5OS/c1-25-7-5-13(6-8-25)24-18(26)16-10-15-17(21-11-22-19(15)27-16)23-14-4-2-3-12(20)9-14/h2-4,9-11,13H,5-8H2,1H3,(H,24,26)(H,21,22,23). The van der Waals surface area contributed by atoms with Crippen LogP contribution in [0.15, 0.2) is 36.7 Å². The predicted molar refractivity (Wildman–Crippen MR) is 110 cm³/mol. The molecule has 0 unspecified atom stereocenters. The molecule has 1 aliphatic rings. The molecule has 6 nitrogen and oxygen atoms in total. The molecule has 1 aromatic carbocycles. The number of nitrogens with zero attached hydrogens (tertiary/aromatic N) is 3. The van der Waals surface area contributed by atoms with Gasteiger partial charge in [-0.15, -0.1) is 11.3 Å². The molecule has 4 rings (SSSR count). The molecule has 140 valence electrons. The largest absolute Gasteiger partial charge is 0.349 e. The van der Waals surface area contributed by atoms with Gasteiger partial charge in [0.15, 0.2) is 0 Å². The van der Waals surface area contributed by atoms with Crippen molar-refractivity contribution in [3.63, 3.8) is 0 Å². The van der Waals surface area contributed by atoms with E-state index in [0.29, 0.717) is 15.7 Å². The Bertz CT molecular complexity index is 968. The number of carbonyl (C=O) groups excluding carboxylic acids is 1. The molecule has 27 heavy (non-hydrogen) atoms. The molecule has 0 atom stereocenters. The maximum atomic E-state index is 12.7. The second kappa shape index (κ2) is 7.80. The molecule has 2 aromatic heterocycles. The van der Waals surface area contributed by atoms with Gasteiger partial charge >= 0.3 is 0 Å². The topological polar surface area (TPSA) is 70.2 Å². The van der Waals surface area contributed by atoms with Crippen molar-refractivity contribution in [1.82, 2.24) is 20.2 Å². The summed E-state index contributed by atoms with van der Waals surface area (Å²) in [6, 6.07) is 9.52. The molecule has 1 saturated heterocycles. The van der Waals surface area contributed by atoms with Crippen molar-refractivity contribution in [1.29, 1.82) is 0 Å². The average Bonchev–Trinajstić information content (AvgIpc) is 3.09. The number of hydrogen-bond donors (Lipinski definition) is 2.